The van der Waals surface area contributed by atoms with Crippen molar-refractivity contribution in [2.75, 3.05) is 5.75 Å². The van der Waals surface area contributed by atoms with Gasteiger partial charge in [-0.2, -0.15) is 18.4 Å². The maximum Gasteiger partial charge on any atom is 0.417 e. The predicted octanol–water partition coefficient (Wildman–Crippen LogP) is 5.05. The molecule has 3 rings (SSSR count). The number of nitriles is 1. The first-order valence-electron chi connectivity index (χ1n) is 8.89. The number of halogens is 3. The number of amides is 1. The molecule has 152 valence electrons. The van der Waals surface area contributed by atoms with Crippen LogP contribution < -0.4 is 5.32 Å². The van der Waals surface area contributed by atoms with Gasteiger partial charge in [0.1, 0.15) is 11.1 Å². The normalized spacial score (nSPS) is 11.0. The van der Waals surface area contributed by atoms with Crippen LogP contribution in [-0.2, 0) is 17.5 Å². The van der Waals surface area contributed by atoms with E-state index in [-0.39, 0.29) is 22.4 Å². The number of hydrogen-bond donors (Lipinski definition) is 1. The lowest BCUT2D eigenvalue weighted by atomic mass is 10.1. The van der Waals surface area contributed by atoms with Crippen molar-refractivity contribution in [3.63, 3.8) is 0 Å². The van der Waals surface area contributed by atoms with Crippen LogP contribution in [0.15, 0.2) is 71.8 Å². The van der Waals surface area contributed by atoms with Gasteiger partial charge in [0.05, 0.1) is 22.6 Å². The highest BCUT2D eigenvalue weighted by Crippen LogP contribution is 2.37. The summed E-state index contributed by atoms with van der Waals surface area (Å²) in [7, 11) is 0. The van der Waals surface area contributed by atoms with E-state index in [2.05, 4.69) is 10.3 Å². The van der Waals surface area contributed by atoms with Crippen LogP contribution in [0.3, 0.4) is 0 Å². The summed E-state index contributed by atoms with van der Waals surface area (Å²) in [5.41, 5.74) is -0.164. The molecule has 2 aromatic carbocycles. The molecule has 0 atom stereocenters. The third kappa shape index (κ3) is 5.39. The fourth-order valence-corrected chi connectivity index (χ4v) is 3.53. The molecular formula is C22H16F3N3OS. The summed E-state index contributed by atoms with van der Waals surface area (Å²) in [4.78, 5) is 16.4. The van der Waals surface area contributed by atoms with Crippen LogP contribution in [0.25, 0.3) is 11.3 Å². The van der Waals surface area contributed by atoms with E-state index in [9.17, 15) is 23.2 Å². The van der Waals surface area contributed by atoms with Gasteiger partial charge in [0.25, 0.3) is 0 Å². The number of pyridine rings is 1. The van der Waals surface area contributed by atoms with Crippen LogP contribution in [-0.4, -0.2) is 16.6 Å². The van der Waals surface area contributed by atoms with E-state index in [4.69, 9.17) is 0 Å². The number of alkyl halides is 3. The summed E-state index contributed by atoms with van der Waals surface area (Å²) in [5.74, 6) is -0.530. The minimum atomic E-state index is -4.72. The number of nitrogens with one attached hydrogen (secondary N) is 1. The summed E-state index contributed by atoms with van der Waals surface area (Å²) in [6.07, 6.45) is -4.72. The summed E-state index contributed by atoms with van der Waals surface area (Å²) in [6, 6.07) is 20.1. The van der Waals surface area contributed by atoms with Crippen molar-refractivity contribution in [2.45, 2.75) is 17.7 Å². The smallest absolute Gasteiger partial charge is 0.351 e. The predicted molar refractivity (Wildman–Crippen MR) is 108 cm³/mol. The Morgan fingerprint density at radius 1 is 1.07 bits per heavy atom. The molecule has 0 radical (unpaired) electrons. The first kappa shape index (κ1) is 21.4. The first-order valence-corrected chi connectivity index (χ1v) is 9.88. The Morgan fingerprint density at radius 3 is 2.30 bits per heavy atom. The van der Waals surface area contributed by atoms with Gasteiger partial charge in [-0.3, -0.25) is 4.79 Å². The maximum absolute atomic E-state index is 13.6. The number of rotatable bonds is 6. The lowest BCUT2D eigenvalue weighted by molar-refractivity contribution is -0.138. The average Bonchev–Trinajstić information content (AvgIpc) is 2.76. The summed E-state index contributed by atoms with van der Waals surface area (Å²) in [5, 5.41) is 11.9. The van der Waals surface area contributed by atoms with E-state index < -0.39 is 17.3 Å². The van der Waals surface area contributed by atoms with Gasteiger partial charge < -0.3 is 5.32 Å². The van der Waals surface area contributed by atoms with E-state index >= 15 is 0 Å². The van der Waals surface area contributed by atoms with Crippen molar-refractivity contribution < 1.29 is 18.0 Å². The highest BCUT2D eigenvalue weighted by atomic mass is 32.2. The van der Waals surface area contributed by atoms with Crippen LogP contribution in [0, 0.1) is 11.3 Å². The molecule has 0 aliphatic carbocycles. The molecule has 1 aromatic heterocycles. The third-order valence-electron chi connectivity index (χ3n) is 4.15. The molecule has 0 fully saturated rings. The van der Waals surface area contributed by atoms with Gasteiger partial charge in [0.2, 0.25) is 5.91 Å². The number of carbonyl (C=O) groups is 1. The van der Waals surface area contributed by atoms with Gasteiger partial charge in [-0.05, 0) is 11.6 Å². The van der Waals surface area contributed by atoms with E-state index in [0.717, 1.165) is 23.4 Å². The second kappa shape index (κ2) is 9.46. The fraction of sp³-hybridized carbons (Fsp3) is 0.136. The molecule has 4 nitrogen and oxygen atoms in total. The van der Waals surface area contributed by atoms with Crippen molar-refractivity contribution in [1.29, 1.82) is 5.26 Å². The van der Waals surface area contributed by atoms with Crippen LogP contribution in [0.1, 0.15) is 16.7 Å². The molecule has 1 amide bonds. The standard InChI is InChI=1S/C22H16F3N3OS/c23-22(24,25)18-11-19(16-9-5-2-6-10-16)28-21(17(18)12-26)30-14-20(29)27-13-15-7-3-1-4-8-15/h1-11H,13-14H2,(H,27,29). The van der Waals surface area contributed by atoms with Crippen molar-refractivity contribution in [3.8, 4) is 17.3 Å². The van der Waals surface area contributed by atoms with Crippen LogP contribution in [0.2, 0.25) is 0 Å². The molecule has 1 heterocycles. The number of nitrogens with zero attached hydrogens (tertiary/aromatic N) is 2. The Bertz CT molecular complexity index is 1060. The molecule has 1 N–H and O–H groups in total. The number of benzene rings is 2. The average molecular weight is 427 g/mol. The van der Waals surface area contributed by atoms with Crippen LogP contribution in [0.4, 0.5) is 13.2 Å². The van der Waals surface area contributed by atoms with E-state index in [1.165, 1.54) is 0 Å². The molecule has 0 aliphatic heterocycles. The Hall–Kier alpha value is -3.31. The van der Waals surface area contributed by atoms with Crippen molar-refractivity contribution in [2.24, 2.45) is 0 Å². The summed E-state index contributed by atoms with van der Waals surface area (Å²) < 4.78 is 40.7. The van der Waals surface area contributed by atoms with Crippen molar-refractivity contribution in [3.05, 3.63) is 83.4 Å². The number of hydrogen-bond acceptors (Lipinski definition) is 4. The summed E-state index contributed by atoms with van der Waals surface area (Å²) in [6.45, 7) is 0.302. The minimum Gasteiger partial charge on any atom is -0.351 e. The molecule has 0 unspecified atom stereocenters. The topological polar surface area (TPSA) is 65.8 Å². The minimum absolute atomic E-state index is 0.0918. The quantitative estimate of drug-likeness (QED) is 0.559. The lowest BCUT2D eigenvalue weighted by Gasteiger charge is -2.14. The fourth-order valence-electron chi connectivity index (χ4n) is 2.70. The van der Waals surface area contributed by atoms with Gasteiger partial charge in [0, 0.05) is 12.1 Å². The number of thioether (sulfide) groups is 1. The monoisotopic (exact) mass is 427 g/mol. The zero-order valence-corrected chi connectivity index (χ0v) is 16.4. The number of aromatic nitrogens is 1. The molecule has 0 saturated carbocycles. The molecule has 30 heavy (non-hydrogen) atoms. The molecule has 0 aliphatic rings. The third-order valence-corrected chi connectivity index (χ3v) is 5.12. The van der Waals surface area contributed by atoms with Gasteiger partial charge in [-0.25, -0.2) is 4.98 Å². The van der Waals surface area contributed by atoms with Crippen molar-refractivity contribution in [1.82, 2.24) is 10.3 Å². The summed E-state index contributed by atoms with van der Waals surface area (Å²) >= 11 is 0.808. The number of carbonyl (C=O) groups excluding carboxylic acids is 1. The van der Waals surface area contributed by atoms with Crippen LogP contribution in [0.5, 0.6) is 0 Å². The van der Waals surface area contributed by atoms with Gasteiger partial charge >= 0.3 is 6.18 Å². The SMILES string of the molecule is N#Cc1c(C(F)(F)F)cc(-c2ccccc2)nc1SCC(=O)NCc1ccccc1. The van der Waals surface area contributed by atoms with Gasteiger partial charge in [0.15, 0.2) is 0 Å². The molecule has 0 saturated heterocycles. The molecular weight excluding hydrogens is 411 g/mol. The maximum atomic E-state index is 13.6. The Labute approximate surface area is 175 Å². The molecule has 0 bridgehead atoms. The van der Waals surface area contributed by atoms with Crippen molar-refractivity contribution >= 4 is 17.7 Å². The second-order valence-electron chi connectivity index (χ2n) is 6.26. The Kier molecular flexibility index (Phi) is 6.75. The lowest BCUT2D eigenvalue weighted by Crippen LogP contribution is -2.24. The Morgan fingerprint density at radius 2 is 1.70 bits per heavy atom. The largest absolute Gasteiger partial charge is 0.417 e. The zero-order chi connectivity index (χ0) is 21.6. The van der Waals surface area contributed by atoms with Crippen LogP contribution >= 0.6 is 11.8 Å². The second-order valence-corrected chi connectivity index (χ2v) is 7.23. The van der Waals surface area contributed by atoms with E-state index in [1.807, 2.05) is 30.3 Å². The molecule has 8 heteroatoms. The van der Waals surface area contributed by atoms with E-state index in [0.29, 0.717) is 12.1 Å². The first-order chi connectivity index (χ1) is 14.4. The van der Waals surface area contributed by atoms with E-state index in [1.54, 1.807) is 36.4 Å². The van der Waals surface area contributed by atoms with Gasteiger partial charge in [-0.15, -0.1) is 0 Å². The van der Waals surface area contributed by atoms with Gasteiger partial charge in [-0.1, -0.05) is 72.4 Å². The Balaban J connectivity index is 1.83. The highest BCUT2D eigenvalue weighted by Gasteiger charge is 2.36. The highest BCUT2D eigenvalue weighted by molar-refractivity contribution is 8.00. The zero-order valence-electron chi connectivity index (χ0n) is 15.6. The molecule has 0 spiro atoms. The molecule has 3 aromatic rings.